The zero-order valence-electron chi connectivity index (χ0n) is 26.3. The van der Waals surface area contributed by atoms with Crippen molar-refractivity contribution in [1.29, 1.82) is 0 Å². The second-order valence-electron chi connectivity index (χ2n) is 12.7. The number of nitrogens with two attached hydrogens (primary N) is 1. The Morgan fingerprint density at radius 2 is 1.64 bits per heavy atom. The van der Waals surface area contributed by atoms with E-state index < -0.39 is 29.9 Å². The van der Waals surface area contributed by atoms with Crippen molar-refractivity contribution in [2.45, 2.75) is 102 Å². The molecule has 3 atom stereocenters. The van der Waals surface area contributed by atoms with E-state index in [1.165, 1.54) is 0 Å². The van der Waals surface area contributed by atoms with Crippen molar-refractivity contribution in [3.8, 4) is 5.75 Å². The molecule has 2 aromatic carbocycles. The minimum absolute atomic E-state index is 0.0172. The topological polar surface area (TPSA) is 163 Å². The molecular weight excluding hydrogens is 558 g/mol. The summed E-state index contributed by atoms with van der Waals surface area (Å²) in [5.41, 5.74) is 8.33. The summed E-state index contributed by atoms with van der Waals surface area (Å²) < 4.78 is 0. The Balaban J connectivity index is 1.81. The molecule has 1 heterocycles. The van der Waals surface area contributed by atoms with Crippen molar-refractivity contribution in [2.24, 2.45) is 5.73 Å². The normalized spacial score (nSPS) is 20.4. The number of hydrogen-bond donors (Lipinski definition) is 6. The fraction of sp³-hybridized carbons (Fsp3) is 0.529. The molecule has 0 spiro atoms. The SMILES string of the molecule is CC(C)(C)c1cc(C[C@@H]2NC(=O)[C@@H](NC(=O)[C@@H](N)Cc3ccccc3)CCCCNC(=O)CCCCCNC2=O)ccc1O. The van der Waals surface area contributed by atoms with Gasteiger partial charge in [0.15, 0.2) is 0 Å². The molecular formula is C34H49N5O5. The highest BCUT2D eigenvalue weighted by atomic mass is 16.3. The molecule has 1 aliphatic heterocycles. The predicted octanol–water partition coefficient (Wildman–Crippen LogP) is 2.75. The summed E-state index contributed by atoms with van der Waals surface area (Å²) in [7, 11) is 0. The molecule has 0 unspecified atom stereocenters. The number of hydrogen-bond acceptors (Lipinski definition) is 6. The molecule has 0 aromatic heterocycles. The summed E-state index contributed by atoms with van der Waals surface area (Å²) in [5, 5.41) is 22.0. The van der Waals surface area contributed by atoms with Crippen LogP contribution in [0.4, 0.5) is 0 Å². The first kappa shape index (κ1) is 34.6. The van der Waals surface area contributed by atoms with Crippen molar-refractivity contribution in [1.82, 2.24) is 21.3 Å². The number of amides is 4. The number of nitrogens with one attached hydrogen (secondary N) is 4. The molecule has 10 nitrogen and oxygen atoms in total. The smallest absolute Gasteiger partial charge is 0.243 e. The van der Waals surface area contributed by atoms with Crippen molar-refractivity contribution in [2.75, 3.05) is 13.1 Å². The third kappa shape index (κ3) is 11.3. The Bertz CT molecular complexity index is 1260. The molecule has 0 aliphatic carbocycles. The van der Waals surface area contributed by atoms with Crippen LogP contribution in [-0.4, -0.2) is 60.0 Å². The summed E-state index contributed by atoms with van der Waals surface area (Å²) in [6, 6.07) is 12.0. The van der Waals surface area contributed by atoms with Gasteiger partial charge in [0.2, 0.25) is 23.6 Å². The van der Waals surface area contributed by atoms with Crippen LogP contribution in [0.3, 0.4) is 0 Å². The Labute approximate surface area is 260 Å². The summed E-state index contributed by atoms with van der Waals surface area (Å²) >= 11 is 0. The van der Waals surface area contributed by atoms with E-state index in [9.17, 15) is 24.3 Å². The highest BCUT2D eigenvalue weighted by molar-refractivity contribution is 5.93. The van der Waals surface area contributed by atoms with E-state index >= 15 is 0 Å². The summed E-state index contributed by atoms with van der Waals surface area (Å²) in [4.78, 5) is 52.4. The van der Waals surface area contributed by atoms with E-state index in [0.717, 1.165) is 29.5 Å². The molecule has 1 saturated heterocycles. The summed E-state index contributed by atoms with van der Waals surface area (Å²) in [6.45, 7) is 6.87. The van der Waals surface area contributed by atoms with Gasteiger partial charge in [-0.05, 0) is 66.7 Å². The van der Waals surface area contributed by atoms with Gasteiger partial charge in [-0.25, -0.2) is 0 Å². The number of carbonyl (C=O) groups excluding carboxylic acids is 4. The predicted molar refractivity (Wildman–Crippen MR) is 171 cm³/mol. The zero-order chi connectivity index (χ0) is 32.1. The van der Waals surface area contributed by atoms with E-state index in [1.807, 2.05) is 57.2 Å². The Morgan fingerprint density at radius 3 is 2.36 bits per heavy atom. The molecule has 7 N–H and O–H groups in total. The van der Waals surface area contributed by atoms with Crippen LogP contribution in [0.2, 0.25) is 0 Å². The molecule has 0 bridgehead atoms. The third-order valence-corrected chi connectivity index (χ3v) is 7.83. The van der Waals surface area contributed by atoms with Gasteiger partial charge in [-0.1, -0.05) is 69.7 Å². The minimum Gasteiger partial charge on any atom is -0.508 e. The van der Waals surface area contributed by atoms with Gasteiger partial charge in [0.25, 0.3) is 0 Å². The fourth-order valence-corrected chi connectivity index (χ4v) is 5.25. The first-order valence-corrected chi connectivity index (χ1v) is 15.7. The van der Waals surface area contributed by atoms with Crippen LogP contribution in [0.25, 0.3) is 0 Å². The average Bonchev–Trinajstić information content (AvgIpc) is 2.98. The average molecular weight is 608 g/mol. The third-order valence-electron chi connectivity index (χ3n) is 7.83. The van der Waals surface area contributed by atoms with Gasteiger partial charge < -0.3 is 32.1 Å². The standard InChI is InChI=1S/C34H49N5O5/c1-34(2,3)25-20-24(16-17-29(25)40)22-28-32(43)37-19-10-5-8-15-30(41)36-18-11-9-14-27(33(44)39-28)38-31(42)26(35)21-23-12-6-4-7-13-23/h4,6-7,12-13,16-17,20,26-28,40H,5,8-11,14-15,18-19,21-22,35H2,1-3H3,(H,36,41)(H,37,43)(H,38,42)(H,39,44)/t26-,27-,28-/m0/s1. The van der Waals surface area contributed by atoms with Crippen LogP contribution < -0.4 is 27.0 Å². The quantitative estimate of drug-likeness (QED) is 0.296. The van der Waals surface area contributed by atoms with Gasteiger partial charge in [0.05, 0.1) is 6.04 Å². The van der Waals surface area contributed by atoms with Crippen LogP contribution in [0, 0.1) is 0 Å². The molecule has 2 aromatic rings. The summed E-state index contributed by atoms with van der Waals surface area (Å²) in [5.74, 6) is -1.12. The van der Waals surface area contributed by atoms with Crippen molar-refractivity contribution in [3.05, 3.63) is 65.2 Å². The maximum Gasteiger partial charge on any atom is 0.243 e. The largest absolute Gasteiger partial charge is 0.508 e. The molecule has 44 heavy (non-hydrogen) atoms. The molecule has 240 valence electrons. The van der Waals surface area contributed by atoms with Crippen LogP contribution in [0.5, 0.6) is 5.75 Å². The van der Waals surface area contributed by atoms with Crippen LogP contribution in [0.1, 0.15) is 82.4 Å². The van der Waals surface area contributed by atoms with Crippen LogP contribution in [-0.2, 0) is 37.4 Å². The second kappa shape index (κ2) is 16.8. The lowest BCUT2D eigenvalue weighted by atomic mass is 9.84. The van der Waals surface area contributed by atoms with E-state index in [2.05, 4.69) is 21.3 Å². The van der Waals surface area contributed by atoms with Gasteiger partial charge in [0.1, 0.15) is 17.8 Å². The van der Waals surface area contributed by atoms with Crippen molar-refractivity contribution in [3.63, 3.8) is 0 Å². The lowest BCUT2D eigenvalue weighted by Gasteiger charge is -2.25. The Hall–Kier alpha value is -3.92. The molecule has 10 heteroatoms. The van der Waals surface area contributed by atoms with Crippen LogP contribution >= 0.6 is 0 Å². The first-order chi connectivity index (χ1) is 20.9. The Kier molecular flexibility index (Phi) is 13.2. The lowest BCUT2D eigenvalue weighted by Crippen LogP contribution is -2.56. The molecule has 3 rings (SSSR count). The van der Waals surface area contributed by atoms with E-state index in [-0.39, 0.29) is 29.4 Å². The molecule has 1 aliphatic rings. The number of carbonyl (C=O) groups is 4. The lowest BCUT2D eigenvalue weighted by molar-refractivity contribution is -0.132. The number of phenolic OH excluding ortho intramolecular Hbond substituents is 1. The van der Waals surface area contributed by atoms with Crippen molar-refractivity contribution < 1.29 is 24.3 Å². The van der Waals surface area contributed by atoms with E-state index in [4.69, 9.17) is 5.73 Å². The van der Waals surface area contributed by atoms with Crippen molar-refractivity contribution >= 4 is 23.6 Å². The fourth-order valence-electron chi connectivity index (χ4n) is 5.25. The van der Waals surface area contributed by atoms with E-state index in [1.54, 1.807) is 12.1 Å². The molecule has 0 radical (unpaired) electrons. The highest BCUT2D eigenvalue weighted by Crippen LogP contribution is 2.31. The Morgan fingerprint density at radius 1 is 0.932 bits per heavy atom. The second-order valence-corrected chi connectivity index (χ2v) is 12.7. The first-order valence-electron chi connectivity index (χ1n) is 15.7. The maximum absolute atomic E-state index is 13.7. The molecule has 0 saturated carbocycles. The monoisotopic (exact) mass is 607 g/mol. The van der Waals surface area contributed by atoms with Gasteiger partial charge in [0, 0.05) is 25.9 Å². The molecule has 1 fully saturated rings. The minimum atomic E-state index is -0.920. The van der Waals surface area contributed by atoms with Crippen LogP contribution in [0.15, 0.2) is 48.5 Å². The molecule has 4 amide bonds. The number of benzene rings is 2. The van der Waals surface area contributed by atoms with E-state index in [0.29, 0.717) is 51.6 Å². The van der Waals surface area contributed by atoms with Gasteiger partial charge in [-0.15, -0.1) is 0 Å². The van der Waals surface area contributed by atoms with Gasteiger partial charge in [-0.2, -0.15) is 0 Å². The number of phenols is 1. The maximum atomic E-state index is 13.7. The highest BCUT2D eigenvalue weighted by Gasteiger charge is 2.29. The summed E-state index contributed by atoms with van der Waals surface area (Å²) in [6.07, 6.45) is 4.66. The number of aromatic hydroxyl groups is 1. The van der Waals surface area contributed by atoms with Gasteiger partial charge >= 0.3 is 0 Å². The zero-order valence-corrected chi connectivity index (χ0v) is 26.3. The number of rotatable bonds is 6. The van der Waals surface area contributed by atoms with Gasteiger partial charge in [-0.3, -0.25) is 19.2 Å².